The summed E-state index contributed by atoms with van der Waals surface area (Å²) in [7, 11) is 0. The highest BCUT2D eigenvalue weighted by Gasteiger charge is 2.17. The molecule has 0 fully saturated rings. The number of amides is 1. The lowest BCUT2D eigenvalue weighted by atomic mass is 10.0. The quantitative estimate of drug-likeness (QED) is 0.601. The van der Waals surface area contributed by atoms with Crippen molar-refractivity contribution in [2.75, 3.05) is 0 Å². The highest BCUT2D eigenvalue weighted by Crippen LogP contribution is 2.32. The highest BCUT2D eigenvalue weighted by atomic mass is 32.1. The maximum absolute atomic E-state index is 11.9. The van der Waals surface area contributed by atoms with Crippen LogP contribution in [0, 0.1) is 6.07 Å². The van der Waals surface area contributed by atoms with Crippen LogP contribution in [0.4, 0.5) is 0 Å². The molecule has 2 heterocycles. The molecule has 0 bridgehead atoms. The van der Waals surface area contributed by atoms with Crippen LogP contribution in [0.15, 0.2) is 47.2 Å². The fraction of sp³-hybridized carbons (Fsp3) is 0.105. The average molecular weight is 335 g/mol. The number of carbonyl (C=O) groups is 1. The summed E-state index contributed by atoms with van der Waals surface area (Å²) >= 11 is 1.65. The van der Waals surface area contributed by atoms with E-state index in [1.807, 2.05) is 23.6 Å². The van der Waals surface area contributed by atoms with Crippen LogP contribution in [0.25, 0.3) is 21.8 Å². The third-order valence-electron chi connectivity index (χ3n) is 4.22. The number of aliphatic hydroxyl groups is 1. The van der Waals surface area contributed by atoms with Gasteiger partial charge < -0.3 is 15.4 Å². The van der Waals surface area contributed by atoms with Gasteiger partial charge in [0.1, 0.15) is 0 Å². The second-order valence-corrected chi connectivity index (χ2v) is 6.49. The van der Waals surface area contributed by atoms with Crippen molar-refractivity contribution >= 4 is 39.0 Å². The van der Waals surface area contributed by atoms with Crippen molar-refractivity contribution in [3.05, 3.63) is 69.9 Å². The summed E-state index contributed by atoms with van der Waals surface area (Å²) in [5.41, 5.74) is 9.93. The maximum atomic E-state index is 11.9. The second-order valence-electron chi connectivity index (χ2n) is 5.71. The Morgan fingerprint density at radius 2 is 2.12 bits per heavy atom. The van der Waals surface area contributed by atoms with Gasteiger partial charge in [0.15, 0.2) is 0 Å². The summed E-state index contributed by atoms with van der Waals surface area (Å²) in [5.74, 6) is -0.449. The van der Waals surface area contributed by atoms with Gasteiger partial charge in [-0.2, -0.15) is 11.3 Å². The third-order valence-corrected chi connectivity index (χ3v) is 4.96. The first kappa shape index (κ1) is 14.9. The molecule has 24 heavy (non-hydrogen) atoms. The number of hydrogen-bond donors (Lipinski definition) is 2. The van der Waals surface area contributed by atoms with Gasteiger partial charge in [-0.15, -0.1) is 0 Å². The summed E-state index contributed by atoms with van der Waals surface area (Å²) in [6.07, 6.45) is 0. The Hall–Kier alpha value is -2.63. The second kappa shape index (κ2) is 5.78. The van der Waals surface area contributed by atoms with E-state index >= 15 is 0 Å². The highest BCUT2D eigenvalue weighted by molar-refractivity contribution is 7.07. The first-order chi connectivity index (χ1) is 11.7. The molecule has 4 rings (SSSR count). The van der Waals surface area contributed by atoms with E-state index in [1.54, 1.807) is 23.5 Å². The van der Waals surface area contributed by atoms with Gasteiger partial charge in [0.05, 0.1) is 17.6 Å². The molecule has 0 aliphatic heterocycles. The fourth-order valence-electron chi connectivity index (χ4n) is 3.13. The van der Waals surface area contributed by atoms with Crippen molar-refractivity contribution < 1.29 is 9.90 Å². The van der Waals surface area contributed by atoms with E-state index in [2.05, 4.69) is 22.1 Å². The van der Waals surface area contributed by atoms with Crippen molar-refractivity contribution in [3.63, 3.8) is 0 Å². The van der Waals surface area contributed by atoms with Crippen molar-refractivity contribution in [1.82, 2.24) is 4.57 Å². The van der Waals surface area contributed by atoms with E-state index in [1.165, 1.54) is 5.56 Å². The lowest BCUT2D eigenvalue weighted by molar-refractivity contribution is 0.100. The third kappa shape index (κ3) is 2.29. The molecule has 4 nitrogen and oxygen atoms in total. The average Bonchev–Trinajstić information content (AvgIpc) is 3.21. The minimum atomic E-state index is -0.449. The van der Waals surface area contributed by atoms with Crippen molar-refractivity contribution in [2.45, 2.75) is 13.2 Å². The zero-order valence-corrected chi connectivity index (χ0v) is 13.6. The largest absolute Gasteiger partial charge is 0.392 e. The molecular formula is C19H15N2O2S. The van der Waals surface area contributed by atoms with E-state index in [9.17, 15) is 9.90 Å². The number of rotatable bonds is 4. The number of thiophene rings is 1. The Labute approximate surface area is 142 Å². The Bertz CT molecular complexity index is 1050. The lowest BCUT2D eigenvalue weighted by Gasteiger charge is -2.07. The standard InChI is InChI=1S/C19H15N2O2S/c20-19(23)15-2-1-3-16-18(15)14-5-4-12(10-22)8-17(14)21(16)9-13-6-7-24-11-13/h1-4,6-8,11,22H,9-10H2,(H2,20,23). The number of carbonyl (C=O) groups excluding carboxylic acids is 1. The smallest absolute Gasteiger partial charge is 0.249 e. The van der Waals surface area contributed by atoms with Crippen LogP contribution in [0.3, 0.4) is 0 Å². The molecule has 0 atom stereocenters. The predicted molar refractivity (Wildman–Crippen MR) is 96.1 cm³/mol. The molecule has 0 saturated carbocycles. The van der Waals surface area contributed by atoms with Gasteiger partial charge in [-0.25, -0.2) is 0 Å². The van der Waals surface area contributed by atoms with E-state index < -0.39 is 5.91 Å². The lowest BCUT2D eigenvalue weighted by Crippen LogP contribution is -2.11. The van der Waals surface area contributed by atoms with Crippen LogP contribution in [0.5, 0.6) is 0 Å². The SMILES string of the molecule is NC(=O)c1cccc2c1c1[c]cc(CO)cc1n2Cc1ccsc1. The first-order valence-electron chi connectivity index (χ1n) is 7.56. The number of fused-ring (bicyclic) bond motifs is 3. The van der Waals surface area contributed by atoms with E-state index in [-0.39, 0.29) is 6.61 Å². The van der Waals surface area contributed by atoms with Gasteiger partial charge in [0.25, 0.3) is 0 Å². The monoisotopic (exact) mass is 335 g/mol. The number of primary amides is 1. The molecule has 0 spiro atoms. The minimum absolute atomic E-state index is 0.0465. The summed E-state index contributed by atoms with van der Waals surface area (Å²) < 4.78 is 2.15. The van der Waals surface area contributed by atoms with Crippen LogP contribution in [-0.4, -0.2) is 15.6 Å². The fourth-order valence-corrected chi connectivity index (χ4v) is 3.79. The van der Waals surface area contributed by atoms with Crippen molar-refractivity contribution in [3.8, 4) is 0 Å². The Balaban J connectivity index is 2.09. The normalized spacial score (nSPS) is 11.4. The number of hydrogen-bond acceptors (Lipinski definition) is 3. The molecule has 2 aromatic carbocycles. The van der Waals surface area contributed by atoms with Crippen LogP contribution in [0.1, 0.15) is 21.5 Å². The van der Waals surface area contributed by atoms with Crippen LogP contribution in [-0.2, 0) is 13.2 Å². The van der Waals surface area contributed by atoms with Gasteiger partial charge in [0.2, 0.25) is 5.91 Å². The molecule has 1 radical (unpaired) electrons. The molecule has 0 aliphatic carbocycles. The van der Waals surface area contributed by atoms with Crippen LogP contribution < -0.4 is 5.73 Å². The molecular weight excluding hydrogens is 320 g/mol. The van der Waals surface area contributed by atoms with Crippen LogP contribution >= 0.6 is 11.3 Å². The summed E-state index contributed by atoms with van der Waals surface area (Å²) in [4.78, 5) is 11.9. The van der Waals surface area contributed by atoms with Gasteiger partial charge in [-0.05, 0) is 58.3 Å². The van der Waals surface area contributed by atoms with Gasteiger partial charge in [-0.3, -0.25) is 4.79 Å². The molecule has 3 N–H and O–H groups in total. The molecule has 5 heteroatoms. The summed E-state index contributed by atoms with van der Waals surface area (Å²) in [5, 5.41) is 15.3. The topological polar surface area (TPSA) is 68.2 Å². The predicted octanol–water partition coefficient (Wildman–Crippen LogP) is 3.30. The zero-order valence-electron chi connectivity index (χ0n) is 12.8. The number of nitrogens with zero attached hydrogens (tertiary/aromatic N) is 1. The number of nitrogens with two attached hydrogens (primary N) is 1. The molecule has 2 aromatic heterocycles. The van der Waals surface area contributed by atoms with E-state index in [0.717, 1.165) is 27.4 Å². The first-order valence-corrected chi connectivity index (χ1v) is 8.50. The van der Waals surface area contributed by atoms with E-state index in [4.69, 9.17) is 5.73 Å². The van der Waals surface area contributed by atoms with Gasteiger partial charge in [0, 0.05) is 22.9 Å². The number of aliphatic hydroxyl groups excluding tert-OH is 1. The number of aromatic nitrogens is 1. The number of benzene rings is 2. The maximum Gasteiger partial charge on any atom is 0.249 e. The Morgan fingerprint density at radius 1 is 1.25 bits per heavy atom. The molecule has 119 valence electrons. The van der Waals surface area contributed by atoms with Gasteiger partial charge in [-0.1, -0.05) is 6.07 Å². The molecule has 1 amide bonds. The van der Waals surface area contributed by atoms with Gasteiger partial charge >= 0.3 is 0 Å². The molecule has 4 aromatic rings. The van der Waals surface area contributed by atoms with Crippen LogP contribution in [0.2, 0.25) is 0 Å². The summed E-state index contributed by atoms with van der Waals surface area (Å²) in [6, 6.07) is 14.6. The Kier molecular flexibility index (Phi) is 3.59. The van der Waals surface area contributed by atoms with E-state index in [0.29, 0.717) is 12.1 Å². The zero-order chi connectivity index (χ0) is 16.7. The Morgan fingerprint density at radius 3 is 2.83 bits per heavy atom. The van der Waals surface area contributed by atoms with Crippen molar-refractivity contribution in [1.29, 1.82) is 0 Å². The molecule has 0 aliphatic rings. The molecule has 0 saturated heterocycles. The minimum Gasteiger partial charge on any atom is -0.392 e. The van der Waals surface area contributed by atoms with Crippen molar-refractivity contribution in [2.24, 2.45) is 5.73 Å². The molecule has 0 unspecified atom stereocenters. The summed E-state index contributed by atoms with van der Waals surface area (Å²) in [6.45, 7) is 0.642.